The summed E-state index contributed by atoms with van der Waals surface area (Å²) in [6.45, 7) is 3.64. The van der Waals surface area contributed by atoms with Crippen molar-refractivity contribution in [3.63, 3.8) is 0 Å². The molecule has 2 heterocycles. The van der Waals surface area contributed by atoms with E-state index in [4.69, 9.17) is 23.2 Å². The first kappa shape index (κ1) is 22.1. The van der Waals surface area contributed by atoms with Gasteiger partial charge in [-0.2, -0.15) is 13.2 Å². The van der Waals surface area contributed by atoms with Crippen molar-refractivity contribution in [2.45, 2.75) is 23.2 Å². The number of nitrogens with zero attached hydrogens (tertiary/aromatic N) is 3. The van der Waals surface area contributed by atoms with E-state index in [-0.39, 0.29) is 16.2 Å². The summed E-state index contributed by atoms with van der Waals surface area (Å²) in [5.41, 5.74) is -0.881. The molecule has 4 nitrogen and oxygen atoms in total. The van der Waals surface area contributed by atoms with Gasteiger partial charge >= 0.3 is 6.18 Å². The van der Waals surface area contributed by atoms with Gasteiger partial charge in [0.1, 0.15) is 5.82 Å². The van der Waals surface area contributed by atoms with Crippen molar-refractivity contribution in [2.24, 2.45) is 0 Å². The number of pyridine rings is 1. The van der Waals surface area contributed by atoms with Crippen LogP contribution in [0.3, 0.4) is 0 Å². The Hall–Kier alpha value is -1.64. The number of carbonyl (C=O) groups excluding carboxylic acids is 1. The van der Waals surface area contributed by atoms with Gasteiger partial charge < -0.3 is 9.80 Å². The lowest BCUT2D eigenvalue weighted by atomic mass is 10.2. The van der Waals surface area contributed by atoms with Crippen LogP contribution in [0.1, 0.15) is 12.5 Å². The van der Waals surface area contributed by atoms with E-state index >= 15 is 0 Å². The fraction of sp³-hybridized carbons (Fsp3) is 0.368. The molecule has 0 bridgehead atoms. The van der Waals surface area contributed by atoms with Gasteiger partial charge in [-0.15, -0.1) is 11.8 Å². The van der Waals surface area contributed by atoms with Gasteiger partial charge in [-0.25, -0.2) is 4.98 Å². The smallest absolute Gasteiger partial charge is 0.352 e. The van der Waals surface area contributed by atoms with E-state index < -0.39 is 11.7 Å². The molecule has 0 saturated carbocycles. The summed E-state index contributed by atoms with van der Waals surface area (Å²) in [5, 5.41) is 0.321. The number of piperazine rings is 1. The number of carbonyl (C=O) groups is 1. The number of halogens is 5. The van der Waals surface area contributed by atoms with Gasteiger partial charge in [0.05, 0.1) is 15.8 Å². The first-order valence-electron chi connectivity index (χ1n) is 8.84. The molecule has 1 aliphatic heterocycles. The Balaban J connectivity index is 1.58. The Morgan fingerprint density at radius 1 is 1.14 bits per heavy atom. The summed E-state index contributed by atoms with van der Waals surface area (Å²) in [4.78, 5) is 21.1. The van der Waals surface area contributed by atoms with Crippen LogP contribution in [-0.2, 0) is 11.0 Å². The van der Waals surface area contributed by atoms with Crippen LogP contribution in [0.2, 0.25) is 10.0 Å². The fourth-order valence-electron chi connectivity index (χ4n) is 2.98. The van der Waals surface area contributed by atoms with E-state index in [0.29, 0.717) is 37.0 Å². The predicted octanol–water partition coefficient (Wildman–Crippen LogP) is 5.24. The molecule has 1 atom stereocenters. The second-order valence-corrected chi connectivity index (χ2v) is 8.81. The van der Waals surface area contributed by atoms with E-state index in [1.165, 1.54) is 11.8 Å². The Bertz CT molecular complexity index is 872. The molecule has 1 aromatic heterocycles. The molecule has 0 spiro atoms. The molecule has 156 valence electrons. The monoisotopic (exact) mass is 463 g/mol. The van der Waals surface area contributed by atoms with Gasteiger partial charge in [0.2, 0.25) is 5.91 Å². The molecule has 1 fully saturated rings. The summed E-state index contributed by atoms with van der Waals surface area (Å²) in [5.74, 6) is 0.312. The van der Waals surface area contributed by atoms with E-state index in [1.54, 1.807) is 21.9 Å². The maximum atomic E-state index is 12.8. The van der Waals surface area contributed by atoms with Gasteiger partial charge in [0, 0.05) is 42.3 Å². The van der Waals surface area contributed by atoms with Gasteiger partial charge in [0.15, 0.2) is 0 Å². The average molecular weight is 464 g/mol. The van der Waals surface area contributed by atoms with Crippen molar-refractivity contribution in [3.05, 3.63) is 52.1 Å². The van der Waals surface area contributed by atoms with E-state index in [2.05, 4.69) is 4.98 Å². The minimum absolute atomic E-state index is 0.0103. The normalized spacial score (nSPS) is 16.1. The van der Waals surface area contributed by atoms with Crippen LogP contribution in [0, 0.1) is 0 Å². The van der Waals surface area contributed by atoms with Gasteiger partial charge in [-0.1, -0.05) is 23.2 Å². The molecule has 29 heavy (non-hydrogen) atoms. The highest BCUT2D eigenvalue weighted by Gasteiger charge is 2.33. The molecule has 0 radical (unpaired) electrons. The quantitative estimate of drug-likeness (QED) is 0.581. The topological polar surface area (TPSA) is 36.4 Å². The van der Waals surface area contributed by atoms with Gasteiger partial charge in [-0.05, 0) is 37.3 Å². The molecular weight excluding hydrogens is 446 g/mol. The van der Waals surface area contributed by atoms with Crippen molar-refractivity contribution < 1.29 is 18.0 Å². The molecule has 1 unspecified atom stereocenters. The second kappa shape index (κ2) is 9.02. The van der Waals surface area contributed by atoms with Crippen molar-refractivity contribution in [2.75, 3.05) is 31.1 Å². The molecule has 10 heteroatoms. The number of aromatic nitrogens is 1. The Morgan fingerprint density at radius 2 is 1.76 bits per heavy atom. The highest BCUT2D eigenvalue weighted by Crippen LogP contribution is 2.34. The summed E-state index contributed by atoms with van der Waals surface area (Å²) in [7, 11) is 0. The van der Waals surface area contributed by atoms with Crippen molar-refractivity contribution >= 4 is 46.7 Å². The van der Waals surface area contributed by atoms with Crippen LogP contribution in [0.4, 0.5) is 19.0 Å². The third-order valence-electron chi connectivity index (χ3n) is 4.51. The van der Waals surface area contributed by atoms with Crippen LogP contribution >= 0.6 is 35.0 Å². The number of amides is 1. The molecule has 0 aliphatic carbocycles. The van der Waals surface area contributed by atoms with Crippen LogP contribution < -0.4 is 4.90 Å². The Kier molecular flexibility index (Phi) is 6.86. The highest BCUT2D eigenvalue weighted by atomic mass is 35.5. The minimum atomic E-state index is -4.49. The minimum Gasteiger partial charge on any atom is -0.352 e. The first-order chi connectivity index (χ1) is 13.6. The van der Waals surface area contributed by atoms with Crippen LogP contribution in [-0.4, -0.2) is 47.2 Å². The van der Waals surface area contributed by atoms with Gasteiger partial charge in [-0.3, -0.25) is 4.79 Å². The molecular formula is C19H18Cl2F3N3OS. The summed E-state index contributed by atoms with van der Waals surface area (Å²) < 4.78 is 38.3. The number of hydrogen-bond acceptors (Lipinski definition) is 4. The van der Waals surface area contributed by atoms with E-state index in [9.17, 15) is 18.0 Å². The van der Waals surface area contributed by atoms with E-state index in [1.807, 2.05) is 19.1 Å². The third kappa shape index (κ3) is 5.49. The molecule has 1 saturated heterocycles. The molecule has 1 aromatic carbocycles. The van der Waals surface area contributed by atoms with Crippen LogP contribution in [0.5, 0.6) is 0 Å². The zero-order chi connectivity index (χ0) is 21.2. The van der Waals surface area contributed by atoms with Crippen LogP contribution in [0.25, 0.3) is 0 Å². The lowest BCUT2D eigenvalue weighted by Crippen LogP contribution is -2.51. The lowest BCUT2D eigenvalue weighted by molar-refractivity contribution is -0.137. The number of rotatable bonds is 4. The fourth-order valence-corrected chi connectivity index (χ4v) is 4.35. The van der Waals surface area contributed by atoms with Crippen molar-refractivity contribution in [3.8, 4) is 0 Å². The van der Waals surface area contributed by atoms with Crippen molar-refractivity contribution in [1.29, 1.82) is 0 Å². The summed E-state index contributed by atoms with van der Waals surface area (Å²) >= 11 is 13.4. The third-order valence-corrected chi connectivity index (χ3v) is 6.14. The Labute approximate surface area is 181 Å². The zero-order valence-electron chi connectivity index (χ0n) is 15.4. The number of benzene rings is 1. The van der Waals surface area contributed by atoms with Crippen molar-refractivity contribution in [1.82, 2.24) is 9.88 Å². The average Bonchev–Trinajstić information content (AvgIpc) is 2.68. The highest BCUT2D eigenvalue weighted by molar-refractivity contribution is 8.00. The number of hydrogen-bond donors (Lipinski definition) is 0. The number of alkyl halides is 3. The van der Waals surface area contributed by atoms with E-state index in [0.717, 1.165) is 17.2 Å². The SMILES string of the molecule is CC(Sc1ccc(Cl)cc1)C(=O)N1CCN(c2ncc(C(F)(F)F)cc2Cl)CC1. The molecule has 1 amide bonds. The lowest BCUT2D eigenvalue weighted by Gasteiger charge is -2.36. The molecule has 0 N–H and O–H groups in total. The summed E-state index contributed by atoms with van der Waals surface area (Å²) in [6.07, 6.45) is -3.71. The second-order valence-electron chi connectivity index (χ2n) is 6.55. The zero-order valence-corrected chi connectivity index (χ0v) is 17.7. The maximum absolute atomic E-state index is 12.8. The first-order valence-corrected chi connectivity index (χ1v) is 10.5. The largest absolute Gasteiger partial charge is 0.417 e. The molecule has 3 rings (SSSR count). The van der Waals surface area contributed by atoms with Crippen LogP contribution in [0.15, 0.2) is 41.4 Å². The molecule has 1 aliphatic rings. The number of anilines is 1. The summed E-state index contributed by atoms with van der Waals surface area (Å²) in [6, 6.07) is 8.17. The maximum Gasteiger partial charge on any atom is 0.417 e. The number of thioether (sulfide) groups is 1. The Morgan fingerprint density at radius 3 is 2.31 bits per heavy atom. The molecule has 2 aromatic rings. The van der Waals surface area contributed by atoms with Gasteiger partial charge in [0.25, 0.3) is 0 Å². The standard InChI is InChI=1S/C19H18Cl2F3N3OS/c1-12(29-15-4-2-14(20)3-5-15)18(28)27-8-6-26(7-9-27)17-16(21)10-13(11-25-17)19(22,23)24/h2-5,10-12H,6-9H2,1H3. The predicted molar refractivity (Wildman–Crippen MR) is 110 cm³/mol.